The Kier molecular flexibility index (Phi) is 3.75. The molecule has 1 aliphatic rings. The highest BCUT2D eigenvalue weighted by Crippen LogP contribution is 2.31. The van der Waals surface area contributed by atoms with Crippen LogP contribution in [0.2, 0.25) is 5.02 Å². The SMILES string of the molecule is O=C1C[C@@H](c2ccccc2)[C@@H](Cc2ccccc2Cl)N1. The highest BCUT2D eigenvalue weighted by Gasteiger charge is 2.33. The minimum Gasteiger partial charge on any atom is -0.352 e. The molecule has 1 fully saturated rings. The summed E-state index contributed by atoms with van der Waals surface area (Å²) in [4.78, 5) is 11.8. The van der Waals surface area contributed by atoms with Crippen LogP contribution in [-0.4, -0.2) is 11.9 Å². The molecule has 0 aliphatic carbocycles. The fraction of sp³-hybridized carbons (Fsp3) is 0.235. The van der Waals surface area contributed by atoms with Crippen LogP contribution in [0.5, 0.6) is 0 Å². The molecule has 2 aromatic carbocycles. The van der Waals surface area contributed by atoms with Gasteiger partial charge in [-0.2, -0.15) is 0 Å². The molecule has 1 aliphatic heterocycles. The Morgan fingerprint density at radius 2 is 1.75 bits per heavy atom. The zero-order chi connectivity index (χ0) is 13.9. The van der Waals surface area contributed by atoms with Crippen molar-refractivity contribution < 1.29 is 4.79 Å². The minimum atomic E-state index is 0.116. The lowest BCUT2D eigenvalue weighted by molar-refractivity contribution is -0.119. The van der Waals surface area contributed by atoms with E-state index in [0.717, 1.165) is 17.0 Å². The molecule has 0 saturated carbocycles. The molecule has 0 radical (unpaired) electrons. The molecule has 0 unspecified atom stereocenters. The minimum absolute atomic E-state index is 0.116. The zero-order valence-corrected chi connectivity index (χ0v) is 11.8. The fourth-order valence-corrected chi connectivity index (χ4v) is 3.07. The maximum absolute atomic E-state index is 11.8. The van der Waals surface area contributed by atoms with Crippen LogP contribution in [0.3, 0.4) is 0 Å². The van der Waals surface area contributed by atoms with E-state index in [0.29, 0.717) is 6.42 Å². The van der Waals surface area contributed by atoms with E-state index < -0.39 is 0 Å². The molecule has 0 spiro atoms. The first-order valence-corrected chi connectivity index (χ1v) is 7.19. The summed E-state index contributed by atoms with van der Waals surface area (Å²) in [5.74, 6) is 0.343. The zero-order valence-electron chi connectivity index (χ0n) is 11.1. The third kappa shape index (κ3) is 2.70. The van der Waals surface area contributed by atoms with Gasteiger partial charge in [0.25, 0.3) is 0 Å². The molecule has 2 nitrogen and oxygen atoms in total. The summed E-state index contributed by atoms with van der Waals surface area (Å²) in [6.07, 6.45) is 1.32. The van der Waals surface area contributed by atoms with Crippen LogP contribution in [0.1, 0.15) is 23.5 Å². The van der Waals surface area contributed by atoms with E-state index in [-0.39, 0.29) is 17.9 Å². The van der Waals surface area contributed by atoms with Crippen LogP contribution in [0.25, 0.3) is 0 Å². The van der Waals surface area contributed by atoms with Crippen molar-refractivity contribution >= 4 is 17.5 Å². The van der Waals surface area contributed by atoms with Gasteiger partial charge in [-0.15, -0.1) is 0 Å². The number of benzene rings is 2. The Labute approximate surface area is 123 Å². The van der Waals surface area contributed by atoms with Crippen LogP contribution in [0.15, 0.2) is 54.6 Å². The Morgan fingerprint density at radius 1 is 1.05 bits per heavy atom. The molecule has 3 heteroatoms. The maximum atomic E-state index is 11.8. The van der Waals surface area contributed by atoms with E-state index in [1.165, 1.54) is 5.56 Å². The van der Waals surface area contributed by atoms with Crippen LogP contribution in [-0.2, 0) is 11.2 Å². The number of rotatable bonds is 3. The van der Waals surface area contributed by atoms with Crippen molar-refractivity contribution in [1.82, 2.24) is 5.32 Å². The molecule has 2 atom stereocenters. The van der Waals surface area contributed by atoms with Gasteiger partial charge in [0.1, 0.15) is 0 Å². The van der Waals surface area contributed by atoms with Crippen LogP contribution < -0.4 is 5.32 Å². The molecular formula is C17H16ClNO. The summed E-state index contributed by atoms with van der Waals surface area (Å²) in [5, 5.41) is 3.84. The van der Waals surface area contributed by atoms with Crippen molar-refractivity contribution in [2.45, 2.75) is 24.8 Å². The number of halogens is 1. The molecule has 1 heterocycles. The van der Waals surface area contributed by atoms with E-state index >= 15 is 0 Å². The normalized spacial score (nSPS) is 21.8. The smallest absolute Gasteiger partial charge is 0.220 e. The van der Waals surface area contributed by atoms with Crippen molar-refractivity contribution in [3.05, 3.63) is 70.7 Å². The second kappa shape index (κ2) is 5.68. The monoisotopic (exact) mass is 285 g/mol. The topological polar surface area (TPSA) is 29.1 Å². The summed E-state index contributed by atoms with van der Waals surface area (Å²) in [7, 11) is 0. The van der Waals surface area contributed by atoms with Gasteiger partial charge < -0.3 is 5.32 Å². The Morgan fingerprint density at radius 3 is 2.50 bits per heavy atom. The third-order valence-corrected chi connectivity index (χ3v) is 4.23. The Hall–Kier alpha value is -1.80. The quantitative estimate of drug-likeness (QED) is 0.918. The van der Waals surface area contributed by atoms with E-state index in [4.69, 9.17) is 11.6 Å². The lowest BCUT2D eigenvalue weighted by atomic mass is 9.88. The van der Waals surface area contributed by atoms with Crippen molar-refractivity contribution in [2.24, 2.45) is 0 Å². The van der Waals surface area contributed by atoms with Crippen LogP contribution >= 0.6 is 11.6 Å². The lowest BCUT2D eigenvalue weighted by Crippen LogP contribution is -2.30. The standard InChI is InChI=1S/C17H16ClNO/c18-15-9-5-4-8-13(15)10-16-14(11-17(20)19-16)12-6-2-1-3-7-12/h1-9,14,16H,10-11H2,(H,19,20)/t14-,16+/m0/s1. The van der Waals surface area contributed by atoms with Gasteiger partial charge in [0.2, 0.25) is 5.91 Å². The fourth-order valence-electron chi connectivity index (χ4n) is 2.85. The second-order valence-corrected chi connectivity index (χ2v) is 5.60. The van der Waals surface area contributed by atoms with Gasteiger partial charge >= 0.3 is 0 Å². The van der Waals surface area contributed by atoms with Gasteiger partial charge in [0.15, 0.2) is 0 Å². The summed E-state index contributed by atoms with van der Waals surface area (Å²) >= 11 is 6.22. The van der Waals surface area contributed by atoms with Crippen LogP contribution in [0, 0.1) is 0 Å². The number of hydrogen-bond acceptors (Lipinski definition) is 1. The molecule has 102 valence electrons. The molecule has 20 heavy (non-hydrogen) atoms. The van der Waals surface area contributed by atoms with Crippen molar-refractivity contribution in [3.63, 3.8) is 0 Å². The van der Waals surface area contributed by atoms with E-state index in [9.17, 15) is 4.79 Å². The maximum Gasteiger partial charge on any atom is 0.220 e. The number of carbonyl (C=O) groups is 1. The van der Waals surface area contributed by atoms with Crippen LogP contribution in [0.4, 0.5) is 0 Å². The summed E-state index contributed by atoms with van der Waals surface area (Å²) in [5.41, 5.74) is 2.30. The first-order chi connectivity index (χ1) is 9.74. The van der Waals surface area contributed by atoms with E-state index in [2.05, 4.69) is 17.4 Å². The summed E-state index contributed by atoms with van der Waals surface area (Å²) in [6.45, 7) is 0. The number of carbonyl (C=O) groups excluding carboxylic acids is 1. The number of hydrogen-bond donors (Lipinski definition) is 1. The molecule has 1 N–H and O–H groups in total. The van der Waals surface area contributed by atoms with Crippen molar-refractivity contribution in [3.8, 4) is 0 Å². The predicted molar refractivity (Wildman–Crippen MR) is 80.9 cm³/mol. The Bertz CT molecular complexity index is 611. The first kappa shape index (κ1) is 13.2. The number of nitrogens with one attached hydrogen (secondary N) is 1. The van der Waals surface area contributed by atoms with E-state index in [1.54, 1.807) is 0 Å². The van der Waals surface area contributed by atoms with Crippen molar-refractivity contribution in [1.29, 1.82) is 0 Å². The molecule has 1 amide bonds. The van der Waals surface area contributed by atoms with Crippen molar-refractivity contribution in [2.75, 3.05) is 0 Å². The van der Waals surface area contributed by atoms with Gasteiger partial charge in [-0.1, -0.05) is 60.1 Å². The highest BCUT2D eigenvalue weighted by atomic mass is 35.5. The second-order valence-electron chi connectivity index (χ2n) is 5.19. The van der Waals surface area contributed by atoms with Gasteiger partial charge in [-0.3, -0.25) is 4.79 Å². The molecule has 1 saturated heterocycles. The average Bonchev–Trinajstić information content (AvgIpc) is 2.83. The summed E-state index contributed by atoms with van der Waals surface area (Å²) < 4.78 is 0. The molecular weight excluding hydrogens is 270 g/mol. The first-order valence-electron chi connectivity index (χ1n) is 6.82. The molecule has 3 rings (SSSR count). The number of amides is 1. The predicted octanol–water partition coefficient (Wildman–Crippen LogP) is 3.55. The average molecular weight is 286 g/mol. The van der Waals surface area contributed by atoms with Gasteiger partial charge in [0.05, 0.1) is 0 Å². The highest BCUT2D eigenvalue weighted by molar-refractivity contribution is 6.31. The lowest BCUT2D eigenvalue weighted by Gasteiger charge is -2.19. The molecule has 0 aromatic heterocycles. The van der Waals surface area contributed by atoms with Gasteiger partial charge in [-0.05, 0) is 23.6 Å². The van der Waals surface area contributed by atoms with Gasteiger partial charge in [-0.25, -0.2) is 0 Å². The van der Waals surface area contributed by atoms with Gasteiger partial charge in [0, 0.05) is 23.4 Å². The summed E-state index contributed by atoms with van der Waals surface area (Å²) in [6, 6.07) is 18.1. The van der Waals surface area contributed by atoms with E-state index in [1.807, 2.05) is 42.5 Å². The largest absolute Gasteiger partial charge is 0.352 e. The Balaban J connectivity index is 1.84. The molecule has 0 bridgehead atoms. The molecule has 2 aromatic rings. The third-order valence-electron chi connectivity index (χ3n) is 3.86.